The fourth-order valence-electron chi connectivity index (χ4n) is 3.65. The Labute approximate surface area is 184 Å². The molecule has 0 saturated heterocycles. The lowest BCUT2D eigenvalue weighted by molar-refractivity contribution is -0.120. The maximum Gasteiger partial charge on any atom is 0.282 e. The highest BCUT2D eigenvalue weighted by molar-refractivity contribution is 6.46. The van der Waals surface area contributed by atoms with Gasteiger partial charge < -0.3 is 14.8 Å². The number of imide groups is 1. The van der Waals surface area contributed by atoms with Crippen molar-refractivity contribution in [1.29, 1.82) is 0 Å². The van der Waals surface area contributed by atoms with Crippen LogP contribution in [0.3, 0.4) is 0 Å². The van der Waals surface area contributed by atoms with E-state index >= 15 is 0 Å². The van der Waals surface area contributed by atoms with E-state index in [1.54, 1.807) is 30.3 Å². The molecular weight excluding hydrogens is 411 g/mol. The first-order valence-corrected chi connectivity index (χ1v) is 9.88. The second kappa shape index (κ2) is 8.55. The summed E-state index contributed by atoms with van der Waals surface area (Å²) in [7, 11) is 3.01. The Morgan fingerprint density at radius 1 is 0.844 bits per heavy atom. The van der Waals surface area contributed by atoms with Crippen LogP contribution in [-0.4, -0.2) is 26.0 Å². The third kappa shape index (κ3) is 3.69. The number of aryl methyl sites for hydroxylation is 1. The summed E-state index contributed by atoms with van der Waals surface area (Å²) in [6, 6.07) is 17.7. The van der Waals surface area contributed by atoms with E-state index in [0.717, 1.165) is 16.5 Å². The van der Waals surface area contributed by atoms with Gasteiger partial charge in [-0.25, -0.2) is 9.29 Å². The molecule has 3 aromatic rings. The van der Waals surface area contributed by atoms with Crippen molar-refractivity contribution in [2.75, 3.05) is 24.4 Å². The molecular formula is C25H21FN2O4. The van der Waals surface area contributed by atoms with E-state index in [2.05, 4.69) is 5.32 Å². The number of rotatable bonds is 6. The zero-order valence-corrected chi connectivity index (χ0v) is 17.8. The van der Waals surface area contributed by atoms with Crippen LogP contribution in [0.15, 0.2) is 72.4 Å². The van der Waals surface area contributed by atoms with E-state index in [0.29, 0.717) is 22.7 Å². The average molecular weight is 432 g/mol. The molecule has 0 saturated carbocycles. The predicted molar refractivity (Wildman–Crippen MR) is 120 cm³/mol. The number of nitrogens with zero attached hydrogens (tertiary/aromatic N) is 1. The first kappa shape index (κ1) is 21.1. The van der Waals surface area contributed by atoms with Gasteiger partial charge >= 0.3 is 0 Å². The average Bonchev–Trinajstić information content (AvgIpc) is 3.03. The zero-order chi connectivity index (χ0) is 22.8. The normalized spacial score (nSPS) is 13.6. The Morgan fingerprint density at radius 2 is 1.59 bits per heavy atom. The highest BCUT2D eigenvalue weighted by Gasteiger charge is 2.41. The fourth-order valence-corrected chi connectivity index (χ4v) is 3.65. The second-order valence-electron chi connectivity index (χ2n) is 7.20. The maximum absolute atomic E-state index is 13.9. The van der Waals surface area contributed by atoms with Crippen LogP contribution in [0, 0.1) is 12.7 Å². The minimum Gasteiger partial charge on any atom is -0.496 e. The topological polar surface area (TPSA) is 67.9 Å². The Hall–Kier alpha value is -4.13. The largest absolute Gasteiger partial charge is 0.496 e. The molecule has 0 fully saturated rings. The van der Waals surface area contributed by atoms with Crippen LogP contribution in [-0.2, 0) is 9.59 Å². The van der Waals surface area contributed by atoms with Crippen LogP contribution in [0.4, 0.5) is 15.8 Å². The van der Waals surface area contributed by atoms with Crippen LogP contribution >= 0.6 is 0 Å². The maximum atomic E-state index is 13.9. The molecule has 3 aromatic carbocycles. The van der Waals surface area contributed by atoms with Gasteiger partial charge in [-0.2, -0.15) is 0 Å². The number of ether oxygens (including phenoxy) is 2. The van der Waals surface area contributed by atoms with Gasteiger partial charge in [0.15, 0.2) is 0 Å². The molecule has 0 radical (unpaired) electrons. The van der Waals surface area contributed by atoms with Crippen molar-refractivity contribution in [1.82, 2.24) is 0 Å². The molecule has 1 aliphatic heterocycles. The molecule has 0 bridgehead atoms. The third-order valence-electron chi connectivity index (χ3n) is 5.14. The van der Waals surface area contributed by atoms with Crippen LogP contribution in [0.1, 0.15) is 11.1 Å². The summed E-state index contributed by atoms with van der Waals surface area (Å²) in [6.07, 6.45) is 0. The van der Waals surface area contributed by atoms with Gasteiger partial charge in [-0.05, 0) is 48.9 Å². The molecule has 1 heterocycles. The number of hydrogen-bond acceptors (Lipinski definition) is 5. The number of anilines is 2. The van der Waals surface area contributed by atoms with Crippen molar-refractivity contribution in [2.24, 2.45) is 0 Å². The van der Waals surface area contributed by atoms with Crippen molar-refractivity contribution in [3.05, 3.63) is 89.4 Å². The smallest absolute Gasteiger partial charge is 0.282 e. The fraction of sp³-hybridized carbons (Fsp3) is 0.120. The molecule has 4 rings (SSSR count). The third-order valence-corrected chi connectivity index (χ3v) is 5.14. The molecule has 0 atom stereocenters. The van der Waals surface area contributed by atoms with Gasteiger partial charge in [-0.15, -0.1) is 0 Å². The molecule has 2 amide bonds. The molecule has 0 unspecified atom stereocenters. The molecule has 1 N–H and O–H groups in total. The molecule has 0 aliphatic carbocycles. The number of amides is 2. The summed E-state index contributed by atoms with van der Waals surface area (Å²) >= 11 is 0. The van der Waals surface area contributed by atoms with E-state index in [9.17, 15) is 14.0 Å². The summed E-state index contributed by atoms with van der Waals surface area (Å²) < 4.78 is 24.7. The van der Waals surface area contributed by atoms with Crippen LogP contribution in [0.5, 0.6) is 11.5 Å². The Kier molecular flexibility index (Phi) is 5.64. The van der Waals surface area contributed by atoms with Gasteiger partial charge in [0, 0.05) is 5.56 Å². The molecule has 7 heteroatoms. The van der Waals surface area contributed by atoms with Crippen LogP contribution in [0.2, 0.25) is 0 Å². The summed E-state index contributed by atoms with van der Waals surface area (Å²) in [5, 5.41) is 3.09. The van der Waals surface area contributed by atoms with E-state index in [-0.39, 0.29) is 17.0 Å². The predicted octanol–water partition coefficient (Wildman–Crippen LogP) is 4.55. The lowest BCUT2D eigenvalue weighted by atomic mass is 10.0. The number of nitrogens with one attached hydrogen (secondary N) is 1. The summed E-state index contributed by atoms with van der Waals surface area (Å²) in [5.74, 6) is -0.805. The first-order valence-electron chi connectivity index (χ1n) is 9.88. The van der Waals surface area contributed by atoms with E-state index in [4.69, 9.17) is 9.47 Å². The number of halogens is 1. The van der Waals surface area contributed by atoms with Gasteiger partial charge in [0.25, 0.3) is 11.8 Å². The monoisotopic (exact) mass is 432 g/mol. The summed E-state index contributed by atoms with van der Waals surface area (Å²) in [5.41, 5.74) is 2.22. The van der Waals surface area contributed by atoms with Gasteiger partial charge in [0.2, 0.25) is 0 Å². The van der Waals surface area contributed by atoms with E-state index < -0.39 is 17.6 Å². The van der Waals surface area contributed by atoms with Crippen molar-refractivity contribution in [3.63, 3.8) is 0 Å². The summed E-state index contributed by atoms with van der Waals surface area (Å²) in [4.78, 5) is 28.0. The molecule has 32 heavy (non-hydrogen) atoms. The van der Waals surface area contributed by atoms with Crippen molar-refractivity contribution in [3.8, 4) is 11.5 Å². The number of methoxy groups -OCH3 is 2. The minimum atomic E-state index is -0.606. The molecule has 6 nitrogen and oxygen atoms in total. The van der Waals surface area contributed by atoms with E-state index in [1.165, 1.54) is 32.4 Å². The highest BCUT2D eigenvalue weighted by Crippen LogP contribution is 2.38. The van der Waals surface area contributed by atoms with Crippen LogP contribution in [0.25, 0.3) is 5.57 Å². The van der Waals surface area contributed by atoms with Crippen LogP contribution < -0.4 is 19.7 Å². The first-order chi connectivity index (χ1) is 15.4. The quantitative estimate of drug-likeness (QED) is 0.579. The number of carbonyl (C=O) groups excluding carboxylic acids is 2. The molecule has 0 spiro atoms. The number of hydrogen-bond donors (Lipinski definition) is 1. The Balaban J connectivity index is 1.90. The Bertz CT molecular complexity index is 1250. The minimum absolute atomic E-state index is 0.0488. The highest BCUT2D eigenvalue weighted by atomic mass is 19.1. The SMILES string of the molecule is COc1ccc(C)cc1NC1=C(c2ccccc2OC)C(=O)N(c2cccc(F)c2)C1=O. The van der Waals surface area contributed by atoms with Gasteiger partial charge in [0.05, 0.1) is 31.2 Å². The van der Waals surface area contributed by atoms with E-state index in [1.807, 2.05) is 19.1 Å². The Morgan fingerprint density at radius 3 is 2.31 bits per heavy atom. The van der Waals surface area contributed by atoms with Crippen molar-refractivity contribution >= 4 is 28.8 Å². The molecule has 0 aromatic heterocycles. The van der Waals surface area contributed by atoms with Gasteiger partial charge in [-0.3, -0.25) is 9.59 Å². The molecule has 1 aliphatic rings. The molecule has 162 valence electrons. The lowest BCUT2D eigenvalue weighted by Gasteiger charge is -2.16. The number of benzene rings is 3. The number of para-hydroxylation sites is 1. The lowest BCUT2D eigenvalue weighted by Crippen LogP contribution is -2.32. The standard InChI is InChI=1S/C25H21FN2O4/c1-15-11-12-21(32-3)19(13-15)27-23-22(18-9-4-5-10-20(18)31-2)24(29)28(25(23)30)17-8-6-7-16(26)14-17/h4-14,27H,1-3H3. The van der Waals surface area contributed by atoms with Crippen molar-refractivity contribution < 1.29 is 23.5 Å². The van der Waals surface area contributed by atoms with Gasteiger partial charge in [0.1, 0.15) is 23.0 Å². The number of carbonyl (C=O) groups is 2. The van der Waals surface area contributed by atoms with Gasteiger partial charge in [-0.1, -0.05) is 30.3 Å². The van der Waals surface area contributed by atoms with Crippen molar-refractivity contribution in [2.45, 2.75) is 6.92 Å². The zero-order valence-electron chi connectivity index (χ0n) is 17.8. The second-order valence-corrected chi connectivity index (χ2v) is 7.20. The summed E-state index contributed by atoms with van der Waals surface area (Å²) in [6.45, 7) is 1.90.